The number of rotatable bonds is 1. The molecular weight excluding hydrogens is 173 g/mol. The quantitative estimate of drug-likeness (QED) is 0.599. The second-order valence-electron chi connectivity index (χ2n) is 3.25. The Kier molecular flexibility index (Phi) is 2.03. The van der Waals surface area contributed by atoms with Crippen LogP contribution in [-0.2, 0) is 0 Å². The van der Waals surface area contributed by atoms with Gasteiger partial charge in [-0.1, -0.05) is 24.8 Å². The van der Waals surface area contributed by atoms with Crippen LogP contribution in [0.2, 0.25) is 0 Å². The van der Waals surface area contributed by atoms with Crippen LogP contribution >= 0.6 is 0 Å². The first kappa shape index (κ1) is 8.62. The Labute approximate surface area is 86.3 Å². The molecule has 0 fully saturated rings. The predicted octanol–water partition coefficient (Wildman–Crippen LogP) is 2.61. The van der Waals surface area contributed by atoms with Crippen molar-refractivity contribution in [3.8, 4) is 0 Å². The lowest BCUT2D eigenvalue weighted by Gasteiger charge is -1.95. The summed E-state index contributed by atoms with van der Waals surface area (Å²) >= 11 is 2.69. The van der Waals surface area contributed by atoms with Crippen LogP contribution in [0, 0.1) is 0 Å². The van der Waals surface area contributed by atoms with Gasteiger partial charge in [0.05, 0.1) is 0 Å². The molecule has 1 heterocycles. The summed E-state index contributed by atoms with van der Waals surface area (Å²) in [5.41, 5.74) is 3.56. The zero-order valence-electron chi connectivity index (χ0n) is 7.62. The normalized spacial score (nSPS) is 10.5. The molecule has 0 N–H and O–H groups in total. The van der Waals surface area contributed by atoms with Gasteiger partial charge in [0.2, 0.25) is 0 Å². The van der Waals surface area contributed by atoms with Crippen molar-refractivity contribution in [2.45, 2.75) is 6.92 Å². The van der Waals surface area contributed by atoms with Gasteiger partial charge in [-0.2, -0.15) is 0 Å². The number of allylic oxidation sites excluding steroid dienone is 1. The average molecular weight is 183 g/mol. The van der Waals surface area contributed by atoms with Crippen LogP contribution in [-0.4, -0.2) is 20.1 Å². The molecule has 2 heteroatoms. The lowest BCUT2D eigenvalue weighted by atomic mass is 10.1. The summed E-state index contributed by atoms with van der Waals surface area (Å²) in [6.45, 7) is 6.00. The Hall–Kier alpha value is -0.968. The zero-order valence-corrected chi connectivity index (χ0v) is 8.77. The maximum Gasteiger partial charge on any atom is 0.317 e. The molecule has 0 saturated carbocycles. The Morgan fingerprint density at radius 1 is 1.38 bits per heavy atom. The van der Waals surface area contributed by atoms with E-state index in [1.807, 2.05) is 13.0 Å². The second-order valence-corrected chi connectivity index (χ2v) is 3.80. The Morgan fingerprint density at radius 3 is 2.77 bits per heavy atom. The first-order chi connectivity index (χ1) is 6.20. The number of para-hydroxylation sites is 1. The molecule has 0 saturated heterocycles. The van der Waals surface area contributed by atoms with Crippen LogP contribution < -0.4 is 0 Å². The highest BCUT2D eigenvalue weighted by Gasteiger charge is 2.03. The van der Waals surface area contributed by atoms with Crippen molar-refractivity contribution in [2.24, 2.45) is 0 Å². The molecule has 0 unspecified atom stereocenters. The molecule has 0 bridgehead atoms. The molecule has 62 valence electrons. The van der Waals surface area contributed by atoms with Crippen LogP contribution in [0.4, 0.5) is 0 Å². The molecule has 1 aromatic carbocycles. The van der Waals surface area contributed by atoms with E-state index in [0.717, 1.165) is 5.57 Å². The van der Waals surface area contributed by atoms with Crippen molar-refractivity contribution in [1.29, 1.82) is 0 Å². The van der Waals surface area contributed by atoms with Gasteiger partial charge in [-0.15, -0.1) is 0 Å². The molecule has 0 atom stereocenters. The fraction of sp³-hybridized carbons (Fsp3) is 0.0909. The summed E-state index contributed by atoms with van der Waals surface area (Å²) < 4.78 is 2.05. The largest absolute Gasteiger partial charge is 0.457 e. The standard InChI is InChI=1S/C11H10N.Al/c1-8(2)10-7-12-11-6-4-3-5-9(10)11;/h3-7H,1H2,2H3;/q-1;+1. The molecule has 1 nitrogen and oxygen atoms in total. The Balaban J connectivity index is 2.85. The number of nitrogens with zero attached hydrogens (tertiary/aromatic N) is 1. The van der Waals surface area contributed by atoms with Gasteiger partial charge in [0.25, 0.3) is 0 Å². The molecule has 0 amide bonds. The summed E-state index contributed by atoms with van der Waals surface area (Å²) in [4.78, 5) is 0. The Morgan fingerprint density at radius 2 is 2.08 bits per heavy atom. The number of fused-ring (bicyclic) bond motifs is 1. The van der Waals surface area contributed by atoms with Crippen molar-refractivity contribution < 1.29 is 0 Å². The molecule has 0 aliphatic rings. The van der Waals surface area contributed by atoms with Gasteiger partial charge in [0.1, 0.15) is 0 Å². The second kappa shape index (κ2) is 3.07. The van der Waals surface area contributed by atoms with Gasteiger partial charge in [-0.3, -0.25) is 0 Å². The minimum atomic E-state index is 1.11. The first-order valence-corrected chi connectivity index (χ1v) is 4.73. The van der Waals surface area contributed by atoms with E-state index in [9.17, 15) is 0 Å². The number of aromatic nitrogens is 1. The van der Waals surface area contributed by atoms with Crippen LogP contribution in [0.5, 0.6) is 0 Å². The molecule has 0 aliphatic carbocycles. The van der Waals surface area contributed by atoms with Crippen LogP contribution in [0.15, 0.2) is 37.0 Å². The van der Waals surface area contributed by atoms with Gasteiger partial charge in [0.15, 0.2) is 0 Å². The zero-order chi connectivity index (χ0) is 9.42. The van der Waals surface area contributed by atoms with E-state index in [1.165, 1.54) is 16.5 Å². The van der Waals surface area contributed by atoms with Crippen LogP contribution in [0.25, 0.3) is 16.5 Å². The van der Waals surface area contributed by atoms with Crippen molar-refractivity contribution in [2.75, 3.05) is 0 Å². The van der Waals surface area contributed by atoms with Crippen LogP contribution in [0.1, 0.15) is 12.5 Å². The third-order valence-corrected chi connectivity index (χ3v) is 2.63. The molecule has 2 aromatic rings. The molecule has 2 radical (unpaired) electrons. The highest BCUT2D eigenvalue weighted by atomic mass is 27.1. The van der Waals surface area contributed by atoms with Crippen molar-refractivity contribution >= 4 is 33.0 Å². The van der Waals surface area contributed by atoms with E-state index in [2.05, 4.69) is 51.0 Å². The van der Waals surface area contributed by atoms with Gasteiger partial charge >= 0.3 is 16.5 Å². The maximum atomic E-state index is 3.97. The summed E-state index contributed by atoms with van der Waals surface area (Å²) in [5, 5.41) is 1.27. The summed E-state index contributed by atoms with van der Waals surface area (Å²) in [5.74, 6) is 0. The van der Waals surface area contributed by atoms with E-state index in [0.29, 0.717) is 0 Å². The van der Waals surface area contributed by atoms with Crippen molar-refractivity contribution in [3.63, 3.8) is 0 Å². The summed E-state index contributed by atoms with van der Waals surface area (Å²) in [6.07, 6.45) is 2.09. The summed E-state index contributed by atoms with van der Waals surface area (Å²) in [6, 6.07) is 8.33. The predicted molar refractivity (Wildman–Crippen MR) is 57.8 cm³/mol. The minimum absolute atomic E-state index is 1.11. The summed E-state index contributed by atoms with van der Waals surface area (Å²) in [7, 11) is 0. The lowest BCUT2D eigenvalue weighted by molar-refractivity contribution is 1.31. The first-order valence-electron chi connectivity index (χ1n) is 4.21. The SMILES string of the molecule is C=C(C)c1c[n]([Al])c2ccccc12. The third kappa shape index (κ3) is 1.33. The van der Waals surface area contributed by atoms with E-state index in [-0.39, 0.29) is 0 Å². The lowest BCUT2D eigenvalue weighted by Crippen LogP contribution is -1.86. The van der Waals surface area contributed by atoms with Crippen molar-refractivity contribution in [1.82, 2.24) is 3.55 Å². The van der Waals surface area contributed by atoms with Gasteiger partial charge in [0, 0.05) is 10.9 Å². The minimum Gasteiger partial charge on any atom is -0.457 e. The fourth-order valence-corrected chi connectivity index (χ4v) is 1.92. The van der Waals surface area contributed by atoms with E-state index in [4.69, 9.17) is 0 Å². The van der Waals surface area contributed by atoms with E-state index in [1.54, 1.807) is 0 Å². The maximum absolute atomic E-state index is 3.97. The Bertz CT molecular complexity index is 468. The van der Waals surface area contributed by atoms with E-state index < -0.39 is 0 Å². The van der Waals surface area contributed by atoms with Gasteiger partial charge in [-0.25, -0.2) is 0 Å². The number of benzene rings is 1. The van der Waals surface area contributed by atoms with Gasteiger partial charge < -0.3 is 3.55 Å². The van der Waals surface area contributed by atoms with E-state index >= 15 is 0 Å². The molecule has 0 spiro atoms. The fourth-order valence-electron chi connectivity index (χ4n) is 1.54. The number of hydrogen-bond acceptors (Lipinski definition) is 0. The topological polar surface area (TPSA) is 4.93 Å². The monoisotopic (exact) mass is 183 g/mol. The molecule has 13 heavy (non-hydrogen) atoms. The molecular formula is C11H10AlN. The molecule has 1 aromatic heterocycles. The van der Waals surface area contributed by atoms with Crippen molar-refractivity contribution in [3.05, 3.63) is 42.6 Å². The van der Waals surface area contributed by atoms with Gasteiger partial charge in [-0.05, 0) is 30.3 Å². The smallest absolute Gasteiger partial charge is 0.317 e. The highest BCUT2D eigenvalue weighted by molar-refractivity contribution is 6.13. The highest BCUT2D eigenvalue weighted by Crippen LogP contribution is 2.24. The molecule has 0 aliphatic heterocycles. The molecule has 2 rings (SSSR count). The van der Waals surface area contributed by atoms with Crippen LogP contribution in [0.3, 0.4) is 0 Å². The number of hydrogen-bond donors (Lipinski definition) is 0. The average Bonchev–Trinajstić information content (AvgIpc) is 2.45. The third-order valence-electron chi connectivity index (χ3n) is 2.20.